The predicted molar refractivity (Wildman–Crippen MR) is 127 cm³/mol. The normalized spacial score (nSPS) is 10.3. The number of nitro benzene ring substituents is 1. The molecule has 0 aromatic heterocycles. The Morgan fingerprint density at radius 2 is 1.74 bits per heavy atom. The summed E-state index contributed by atoms with van der Waals surface area (Å²) in [7, 11) is 1.34. The van der Waals surface area contributed by atoms with E-state index in [0.29, 0.717) is 5.69 Å². The van der Waals surface area contributed by atoms with E-state index in [0.717, 1.165) is 21.9 Å². The van der Waals surface area contributed by atoms with Gasteiger partial charge in [0.1, 0.15) is 5.56 Å². The molecule has 34 heavy (non-hydrogen) atoms. The molecular formula is C24H22N2O7S. The molecule has 0 saturated heterocycles. The minimum atomic E-state index is -1.03. The number of carbonyl (C=O) groups is 2. The van der Waals surface area contributed by atoms with Gasteiger partial charge in [-0.25, -0.2) is 4.79 Å². The quantitative estimate of drug-likeness (QED) is 0.245. The fourth-order valence-corrected chi connectivity index (χ4v) is 3.88. The van der Waals surface area contributed by atoms with Crippen molar-refractivity contribution in [3.8, 4) is 11.5 Å². The van der Waals surface area contributed by atoms with Crippen molar-refractivity contribution >= 4 is 35.0 Å². The number of amides is 1. The van der Waals surface area contributed by atoms with Crippen molar-refractivity contribution in [1.82, 2.24) is 0 Å². The minimum absolute atomic E-state index is 0.124. The fourth-order valence-electron chi connectivity index (χ4n) is 2.96. The lowest BCUT2D eigenvalue weighted by atomic mass is 10.1. The van der Waals surface area contributed by atoms with E-state index in [2.05, 4.69) is 5.32 Å². The third kappa shape index (κ3) is 6.26. The number of benzene rings is 3. The van der Waals surface area contributed by atoms with Crippen LogP contribution in [0.15, 0.2) is 76.5 Å². The molecule has 0 fully saturated rings. The van der Waals surface area contributed by atoms with Crippen LogP contribution in [0.4, 0.5) is 11.4 Å². The Morgan fingerprint density at radius 3 is 2.41 bits per heavy atom. The molecule has 0 aliphatic heterocycles. The standard InChI is InChI=1S/C24H22N2O7S/c1-3-32-21-14-19(26(29)30)17(13-20(21)31-2)24(28)33-15-23(27)25-18-11-7-8-12-22(18)34-16-9-5-4-6-10-16/h4-14H,3,15H2,1-2H3,(H,25,27). The Morgan fingerprint density at radius 1 is 1.03 bits per heavy atom. The molecule has 1 amide bonds. The average Bonchev–Trinajstić information content (AvgIpc) is 2.84. The lowest BCUT2D eigenvalue weighted by Gasteiger charge is -2.12. The molecule has 0 saturated carbocycles. The van der Waals surface area contributed by atoms with Gasteiger partial charge in [0.25, 0.3) is 11.6 Å². The number of anilines is 1. The Labute approximate surface area is 200 Å². The summed E-state index contributed by atoms with van der Waals surface area (Å²) in [5, 5.41) is 14.2. The van der Waals surface area contributed by atoms with Crippen molar-refractivity contribution in [3.05, 3.63) is 82.4 Å². The summed E-state index contributed by atoms with van der Waals surface area (Å²) < 4.78 is 15.5. The van der Waals surface area contributed by atoms with E-state index in [1.165, 1.54) is 18.9 Å². The number of nitrogens with one attached hydrogen (secondary N) is 1. The molecule has 10 heteroatoms. The molecule has 1 N–H and O–H groups in total. The van der Waals surface area contributed by atoms with Crippen LogP contribution >= 0.6 is 11.8 Å². The van der Waals surface area contributed by atoms with Crippen LogP contribution in [0.2, 0.25) is 0 Å². The molecule has 0 aliphatic carbocycles. The number of para-hydroxylation sites is 1. The number of esters is 1. The molecular weight excluding hydrogens is 460 g/mol. The third-order valence-corrected chi connectivity index (χ3v) is 5.55. The van der Waals surface area contributed by atoms with Crippen LogP contribution in [0.5, 0.6) is 11.5 Å². The van der Waals surface area contributed by atoms with Gasteiger partial charge in [-0.05, 0) is 31.2 Å². The maximum Gasteiger partial charge on any atom is 0.345 e. The Kier molecular flexibility index (Phi) is 8.47. The first kappa shape index (κ1) is 24.6. The van der Waals surface area contributed by atoms with Gasteiger partial charge in [0, 0.05) is 15.9 Å². The molecule has 9 nitrogen and oxygen atoms in total. The van der Waals surface area contributed by atoms with E-state index in [9.17, 15) is 19.7 Å². The Bertz CT molecular complexity index is 1190. The summed E-state index contributed by atoms with van der Waals surface area (Å²) in [4.78, 5) is 37.6. The minimum Gasteiger partial charge on any atom is -0.493 e. The summed E-state index contributed by atoms with van der Waals surface area (Å²) in [6.45, 7) is 1.33. The number of ether oxygens (including phenoxy) is 3. The van der Waals surface area contributed by atoms with Gasteiger partial charge in [-0.2, -0.15) is 0 Å². The molecule has 0 radical (unpaired) electrons. The van der Waals surface area contributed by atoms with Crippen LogP contribution in [0.25, 0.3) is 0 Å². The first-order chi connectivity index (χ1) is 16.4. The zero-order valence-corrected chi connectivity index (χ0v) is 19.3. The van der Waals surface area contributed by atoms with Crippen molar-refractivity contribution in [2.75, 3.05) is 25.6 Å². The topological polar surface area (TPSA) is 117 Å². The molecule has 0 unspecified atom stereocenters. The number of rotatable bonds is 10. The fraction of sp³-hybridized carbons (Fsp3) is 0.167. The molecule has 0 aliphatic rings. The molecule has 176 valence electrons. The van der Waals surface area contributed by atoms with Crippen molar-refractivity contribution in [1.29, 1.82) is 0 Å². The number of nitro groups is 1. The smallest absolute Gasteiger partial charge is 0.345 e. The van der Waals surface area contributed by atoms with Crippen LogP contribution in [0.1, 0.15) is 17.3 Å². The second-order valence-corrected chi connectivity index (χ2v) is 7.86. The van der Waals surface area contributed by atoms with Gasteiger partial charge in [0.05, 0.1) is 30.4 Å². The van der Waals surface area contributed by atoms with Gasteiger partial charge in [0.2, 0.25) is 0 Å². The van der Waals surface area contributed by atoms with Gasteiger partial charge >= 0.3 is 5.97 Å². The van der Waals surface area contributed by atoms with Crippen LogP contribution in [-0.2, 0) is 9.53 Å². The first-order valence-corrected chi connectivity index (χ1v) is 11.0. The summed E-state index contributed by atoms with van der Waals surface area (Å²) in [5.74, 6) is -1.36. The van der Waals surface area contributed by atoms with Crippen molar-refractivity contribution in [2.45, 2.75) is 16.7 Å². The van der Waals surface area contributed by atoms with Crippen molar-refractivity contribution < 1.29 is 28.7 Å². The maximum absolute atomic E-state index is 12.6. The molecule has 0 spiro atoms. The maximum atomic E-state index is 12.6. The lowest BCUT2D eigenvalue weighted by Crippen LogP contribution is -2.21. The molecule has 3 aromatic rings. The Hall–Kier alpha value is -4.05. The predicted octanol–water partition coefficient (Wildman–Crippen LogP) is 4.95. The van der Waals surface area contributed by atoms with Gasteiger partial charge in [0.15, 0.2) is 18.1 Å². The first-order valence-electron chi connectivity index (χ1n) is 10.2. The zero-order valence-electron chi connectivity index (χ0n) is 18.5. The monoisotopic (exact) mass is 482 g/mol. The highest BCUT2D eigenvalue weighted by molar-refractivity contribution is 7.99. The second-order valence-electron chi connectivity index (χ2n) is 6.75. The van der Waals surface area contributed by atoms with Gasteiger partial charge in [-0.1, -0.05) is 42.1 Å². The average molecular weight is 483 g/mol. The summed E-state index contributed by atoms with van der Waals surface area (Å²) in [6, 6.07) is 19.1. The van der Waals surface area contributed by atoms with Gasteiger partial charge < -0.3 is 19.5 Å². The number of methoxy groups -OCH3 is 1. The number of hydrogen-bond donors (Lipinski definition) is 1. The number of nitrogens with zero attached hydrogens (tertiary/aromatic N) is 1. The van der Waals surface area contributed by atoms with Crippen LogP contribution in [-0.4, -0.2) is 37.1 Å². The summed E-state index contributed by atoms with van der Waals surface area (Å²) >= 11 is 1.47. The SMILES string of the molecule is CCOc1cc([N+](=O)[O-])c(C(=O)OCC(=O)Nc2ccccc2Sc2ccccc2)cc1OC. The van der Waals surface area contributed by atoms with E-state index < -0.39 is 29.1 Å². The number of carbonyl (C=O) groups excluding carboxylic acids is 2. The largest absolute Gasteiger partial charge is 0.493 e. The highest BCUT2D eigenvalue weighted by atomic mass is 32.2. The molecule has 3 rings (SSSR count). The van der Waals surface area contributed by atoms with E-state index in [1.807, 2.05) is 42.5 Å². The van der Waals surface area contributed by atoms with Crippen LogP contribution in [0, 0.1) is 10.1 Å². The molecule has 0 atom stereocenters. The van der Waals surface area contributed by atoms with E-state index >= 15 is 0 Å². The van der Waals surface area contributed by atoms with Gasteiger partial charge in [-0.15, -0.1) is 0 Å². The number of hydrogen-bond acceptors (Lipinski definition) is 8. The van der Waals surface area contributed by atoms with Crippen molar-refractivity contribution in [3.63, 3.8) is 0 Å². The van der Waals surface area contributed by atoms with Crippen LogP contribution in [0.3, 0.4) is 0 Å². The summed E-state index contributed by atoms with van der Waals surface area (Å²) in [6.07, 6.45) is 0. The molecule has 0 heterocycles. The second kappa shape index (κ2) is 11.7. The molecule has 0 bridgehead atoms. The molecule has 3 aromatic carbocycles. The van der Waals surface area contributed by atoms with Crippen molar-refractivity contribution in [2.24, 2.45) is 0 Å². The summed E-state index contributed by atoms with van der Waals surface area (Å²) in [5.41, 5.74) is -0.316. The van der Waals surface area contributed by atoms with E-state index in [-0.39, 0.29) is 23.7 Å². The Balaban J connectivity index is 1.70. The highest BCUT2D eigenvalue weighted by Crippen LogP contribution is 2.35. The lowest BCUT2D eigenvalue weighted by molar-refractivity contribution is -0.385. The zero-order chi connectivity index (χ0) is 24.5. The van der Waals surface area contributed by atoms with Crippen LogP contribution < -0.4 is 14.8 Å². The third-order valence-electron chi connectivity index (χ3n) is 4.46. The van der Waals surface area contributed by atoms with E-state index in [4.69, 9.17) is 14.2 Å². The van der Waals surface area contributed by atoms with E-state index in [1.54, 1.807) is 19.1 Å². The highest BCUT2D eigenvalue weighted by Gasteiger charge is 2.26. The van der Waals surface area contributed by atoms with Gasteiger partial charge in [-0.3, -0.25) is 14.9 Å².